The van der Waals surface area contributed by atoms with Gasteiger partial charge in [-0.05, 0) is 42.0 Å². The maximum Gasteiger partial charge on any atom is 0.227 e. The van der Waals surface area contributed by atoms with Gasteiger partial charge < -0.3 is 5.32 Å². The molecule has 1 N–H and O–H groups in total. The smallest absolute Gasteiger partial charge is 0.227 e. The Labute approximate surface area is 123 Å². The van der Waals surface area contributed by atoms with Gasteiger partial charge in [0.05, 0.1) is 5.69 Å². The van der Waals surface area contributed by atoms with Crippen molar-refractivity contribution in [3.63, 3.8) is 0 Å². The van der Waals surface area contributed by atoms with Gasteiger partial charge in [-0.1, -0.05) is 24.3 Å². The fourth-order valence-corrected chi connectivity index (χ4v) is 1.87. The Morgan fingerprint density at radius 3 is 2.43 bits per heavy atom. The predicted octanol–water partition coefficient (Wildman–Crippen LogP) is 3.79. The molecule has 3 rings (SSSR count). The Kier molecular flexibility index (Phi) is 3.98. The topological polar surface area (TPSA) is 50.7 Å². The van der Waals surface area contributed by atoms with Gasteiger partial charge in [0.15, 0.2) is 0 Å². The second-order valence-corrected chi connectivity index (χ2v) is 4.41. The molecule has 3 aromatic rings. The lowest BCUT2D eigenvalue weighted by atomic mass is 10.1. The molecule has 21 heavy (non-hydrogen) atoms. The van der Waals surface area contributed by atoms with E-state index in [0.717, 1.165) is 16.9 Å². The minimum atomic E-state index is 0.586. The highest BCUT2D eigenvalue weighted by Crippen LogP contribution is 2.16. The first-order chi connectivity index (χ1) is 10.4. The quantitative estimate of drug-likeness (QED) is 0.786. The third-order valence-corrected chi connectivity index (χ3v) is 2.84. The van der Waals surface area contributed by atoms with Crippen molar-refractivity contribution < 1.29 is 0 Å². The van der Waals surface area contributed by atoms with E-state index >= 15 is 0 Å². The molecule has 0 aliphatic rings. The van der Waals surface area contributed by atoms with Crippen LogP contribution < -0.4 is 5.32 Å². The Morgan fingerprint density at radius 1 is 0.762 bits per heavy atom. The molecule has 0 unspecified atom stereocenters. The summed E-state index contributed by atoms with van der Waals surface area (Å²) in [5, 5.41) is 3.17. The number of hydrogen-bond acceptors (Lipinski definition) is 4. The summed E-state index contributed by atoms with van der Waals surface area (Å²) < 4.78 is 0. The van der Waals surface area contributed by atoms with Crippen molar-refractivity contribution in [3.8, 4) is 0 Å². The molecular formula is C17H14N4. The van der Waals surface area contributed by atoms with Gasteiger partial charge in [0.1, 0.15) is 0 Å². The minimum Gasteiger partial charge on any atom is -0.324 e. The zero-order valence-electron chi connectivity index (χ0n) is 11.3. The summed E-state index contributed by atoms with van der Waals surface area (Å²) in [5.41, 5.74) is 2.97. The molecule has 0 aliphatic heterocycles. The van der Waals surface area contributed by atoms with Crippen LogP contribution in [-0.4, -0.2) is 15.0 Å². The molecule has 0 fully saturated rings. The number of aromatic nitrogens is 3. The van der Waals surface area contributed by atoms with Gasteiger partial charge in [0.2, 0.25) is 5.95 Å². The van der Waals surface area contributed by atoms with Crippen LogP contribution in [0.2, 0.25) is 0 Å². The van der Waals surface area contributed by atoms with Crippen molar-refractivity contribution in [1.82, 2.24) is 15.0 Å². The summed E-state index contributed by atoms with van der Waals surface area (Å²) in [6.07, 6.45) is 9.21. The van der Waals surface area contributed by atoms with Gasteiger partial charge in [0, 0.05) is 24.3 Å². The van der Waals surface area contributed by atoms with E-state index < -0.39 is 0 Å². The van der Waals surface area contributed by atoms with Crippen LogP contribution in [-0.2, 0) is 0 Å². The second kappa shape index (κ2) is 6.43. The van der Waals surface area contributed by atoms with Gasteiger partial charge in [-0.15, -0.1) is 0 Å². The van der Waals surface area contributed by atoms with Crippen molar-refractivity contribution in [2.24, 2.45) is 0 Å². The molecule has 0 atom stereocenters. The average molecular weight is 274 g/mol. The highest BCUT2D eigenvalue weighted by atomic mass is 15.1. The summed E-state index contributed by atoms with van der Waals surface area (Å²) in [5.74, 6) is 0.586. The zero-order valence-corrected chi connectivity index (χ0v) is 11.3. The highest BCUT2D eigenvalue weighted by Gasteiger charge is 1.96. The third-order valence-electron chi connectivity index (χ3n) is 2.84. The van der Waals surface area contributed by atoms with Crippen molar-refractivity contribution >= 4 is 23.8 Å². The van der Waals surface area contributed by atoms with Crippen LogP contribution in [0.5, 0.6) is 0 Å². The summed E-state index contributed by atoms with van der Waals surface area (Å²) in [6.45, 7) is 0. The Balaban J connectivity index is 1.76. The minimum absolute atomic E-state index is 0.586. The lowest BCUT2D eigenvalue weighted by Crippen LogP contribution is -1.95. The first-order valence-electron chi connectivity index (χ1n) is 6.63. The molecule has 1 aromatic carbocycles. The highest BCUT2D eigenvalue weighted by molar-refractivity contribution is 5.70. The van der Waals surface area contributed by atoms with Crippen LogP contribution >= 0.6 is 0 Å². The Morgan fingerprint density at radius 2 is 1.62 bits per heavy atom. The number of pyridine rings is 1. The molecule has 0 radical (unpaired) electrons. The van der Waals surface area contributed by atoms with Crippen LogP contribution in [0, 0.1) is 0 Å². The van der Waals surface area contributed by atoms with E-state index in [1.54, 1.807) is 24.7 Å². The van der Waals surface area contributed by atoms with Crippen molar-refractivity contribution in [1.29, 1.82) is 0 Å². The van der Waals surface area contributed by atoms with Crippen LogP contribution in [0.3, 0.4) is 0 Å². The average Bonchev–Trinajstić information content (AvgIpc) is 2.55. The van der Waals surface area contributed by atoms with Gasteiger partial charge in [0.25, 0.3) is 0 Å². The molecule has 0 aliphatic carbocycles. The summed E-state index contributed by atoms with van der Waals surface area (Å²) in [6, 6.07) is 15.7. The lowest BCUT2D eigenvalue weighted by molar-refractivity contribution is 1.17. The number of rotatable bonds is 4. The summed E-state index contributed by atoms with van der Waals surface area (Å²) in [7, 11) is 0. The number of anilines is 2. The molecule has 0 bridgehead atoms. The molecule has 102 valence electrons. The normalized spacial score (nSPS) is 10.7. The number of hydrogen-bond donors (Lipinski definition) is 1. The monoisotopic (exact) mass is 274 g/mol. The van der Waals surface area contributed by atoms with Crippen molar-refractivity contribution in [3.05, 3.63) is 78.4 Å². The number of benzene rings is 1. The molecule has 2 aromatic heterocycles. The van der Waals surface area contributed by atoms with E-state index in [4.69, 9.17) is 0 Å². The Hall–Kier alpha value is -3.01. The van der Waals surface area contributed by atoms with E-state index in [1.807, 2.05) is 54.6 Å². The largest absolute Gasteiger partial charge is 0.324 e. The molecule has 0 spiro atoms. The number of nitrogens with one attached hydrogen (secondary N) is 1. The van der Waals surface area contributed by atoms with E-state index in [2.05, 4.69) is 20.3 Å². The number of nitrogens with zero attached hydrogens (tertiary/aromatic N) is 3. The van der Waals surface area contributed by atoms with Crippen LogP contribution in [0.1, 0.15) is 11.3 Å². The second-order valence-electron chi connectivity index (χ2n) is 4.41. The molecule has 0 saturated heterocycles. The predicted molar refractivity (Wildman–Crippen MR) is 84.9 cm³/mol. The first-order valence-corrected chi connectivity index (χ1v) is 6.63. The molecule has 0 saturated carbocycles. The van der Waals surface area contributed by atoms with Crippen LogP contribution in [0.15, 0.2) is 67.1 Å². The molecular weight excluding hydrogens is 260 g/mol. The van der Waals surface area contributed by atoms with Gasteiger partial charge in [-0.3, -0.25) is 4.98 Å². The maximum atomic E-state index is 4.26. The molecule has 0 amide bonds. The van der Waals surface area contributed by atoms with E-state index in [9.17, 15) is 0 Å². The van der Waals surface area contributed by atoms with E-state index in [-0.39, 0.29) is 0 Å². The summed E-state index contributed by atoms with van der Waals surface area (Å²) >= 11 is 0. The van der Waals surface area contributed by atoms with Crippen molar-refractivity contribution in [2.45, 2.75) is 0 Å². The van der Waals surface area contributed by atoms with Gasteiger partial charge >= 0.3 is 0 Å². The van der Waals surface area contributed by atoms with Gasteiger partial charge in [-0.25, -0.2) is 9.97 Å². The van der Waals surface area contributed by atoms with E-state index in [0.29, 0.717) is 5.95 Å². The third kappa shape index (κ3) is 3.73. The fourth-order valence-electron chi connectivity index (χ4n) is 1.87. The maximum absolute atomic E-state index is 4.26. The lowest BCUT2D eigenvalue weighted by Gasteiger charge is -2.04. The first kappa shape index (κ1) is 13.0. The van der Waals surface area contributed by atoms with Gasteiger partial charge in [-0.2, -0.15) is 0 Å². The van der Waals surface area contributed by atoms with E-state index in [1.165, 1.54) is 0 Å². The fraction of sp³-hybridized carbons (Fsp3) is 0. The zero-order chi connectivity index (χ0) is 14.3. The van der Waals surface area contributed by atoms with Crippen LogP contribution in [0.25, 0.3) is 12.2 Å². The van der Waals surface area contributed by atoms with Crippen molar-refractivity contribution in [2.75, 3.05) is 5.32 Å². The molecule has 4 nitrogen and oxygen atoms in total. The summed E-state index contributed by atoms with van der Waals surface area (Å²) in [4.78, 5) is 12.6. The Bertz CT molecular complexity index is 724. The molecule has 4 heteroatoms. The van der Waals surface area contributed by atoms with Crippen LogP contribution in [0.4, 0.5) is 11.6 Å². The molecule has 2 heterocycles. The SMILES string of the molecule is C(=C\c1ccccn1)/c1cccc(Nc2ncccn2)c1. The standard InChI is InChI=1S/C17H14N4/c1-2-10-18-15(6-1)9-8-14-5-3-7-16(13-14)21-17-19-11-4-12-20-17/h1-13H,(H,19,20,21)/b9-8+.